The maximum Gasteiger partial charge on any atom is 0.270 e. The second kappa shape index (κ2) is 6.42. The van der Waals surface area contributed by atoms with E-state index in [9.17, 15) is 20.2 Å². The molecule has 6 nitrogen and oxygen atoms in total. The predicted octanol–water partition coefficient (Wildman–Crippen LogP) is 3.91. The molecule has 0 aliphatic heterocycles. The molecular formula is C17H15N3O3S. The SMILES string of the molecule is C[C@H]1CCc2sc(NC(=O)c3cccc([N+](=O)[O-])c3)c(C#N)c2C1. The van der Waals surface area contributed by atoms with Gasteiger partial charge in [0.2, 0.25) is 0 Å². The molecule has 0 bridgehead atoms. The van der Waals surface area contributed by atoms with Crippen LogP contribution in [0.3, 0.4) is 0 Å². The Balaban J connectivity index is 1.89. The number of amides is 1. The van der Waals surface area contributed by atoms with Crippen LogP contribution in [-0.4, -0.2) is 10.8 Å². The van der Waals surface area contributed by atoms with E-state index in [-0.39, 0.29) is 11.3 Å². The average molecular weight is 341 g/mol. The van der Waals surface area contributed by atoms with Gasteiger partial charge in [-0.1, -0.05) is 13.0 Å². The summed E-state index contributed by atoms with van der Waals surface area (Å²) in [5.41, 5.74) is 1.63. The molecule has 1 aromatic carbocycles. The van der Waals surface area contributed by atoms with Crippen LogP contribution >= 0.6 is 11.3 Å². The number of nitro groups is 1. The number of non-ortho nitro benzene ring substituents is 1. The Kier molecular flexibility index (Phi) is 4.32. The molecule has 7 heteroatoms. The molecule has 3 rings (SSSR count). The third kappa shape index (κ3) is 3.01. The van der Waals surface area contributed by atoms with E-state index in [1.165, 1.54) is 35.6 Å². The van der Waals surface area contributed by atoms with Gasteiger partial charge in [-0.15, -0.1) is 11.3 Å². The van der Waals surface area contributed by atoms with Gasteiger partial charge in [0.25, 0.3) is 11.6 Å². The number of aryl methyl sites for hydroxylation is 1. The van der Waals surface area contributed by atoms with Crippen LogP contribution in [-0.2, 0) is 12.8 Å². The minimum Gasteiger partial charge on any atom is -0.312 e. The maximum absolute atomic E-state index is 12.4. The summed E-state index contributed by atoms with van der Waals surface area (Å²) in [5.74, 6) is 0.0846. The van der Waals surface area contributed by atoms with Gasteiger partial charge in [0.1, 0.15) is 11.1 Å². The van der Waals surface area contributed by atoms with Crippen molar-refractivity contribution in [2.24, 2.45) is 5.92 Å². The Bertz CT molecular complexity index is 866. The number of carbonyl (C=O) groups is 1. The van der Waals surface area contributed by atoms with E-state index in [0.717, 1.165) is 29.7 Å². The second-order valence-corrected chi connectivity index (χ2v) is 7.03. The number of nitrogens with zero attached hydrogens (tertiary/aromatic N) is 2. The normalized spacial score (nSPS) is 16.1. The summed E-state index contributed by atoms with van der Waals surface area (Å²) in [6.07, 6.45) is 2.85. The number of thiophene rings is 1. The molecule has 0 fully saturated rings. The first-order valence-corrected chi connectivity index (χ1v) is 8.41. The zero-order valence-electron chi connectivity index (χ0n) is 13.0. The number of carbonyl (C=O) groups excluding carboxylic acids is 1. The van der Waals surface area contributed by atoms with Crippen LogP contribution in [0.25, 0.3) is 0 Å². The lowest BCUT2D eigenvalue weighted by Crippen LogP contribution is -2.12. The molecule has 122 valence electrons. The van der Waals surface area contributed by atoms with Crippen LogP contribution in [0.4, 0.5) is 10.7 Å². The zero-order valence-corrected chi connectivity index (χ0v) is 13.9. The molecule has 2 aromatic rings. The minimum atomic E-state index is -0.539. The summed E-state index contributed by atoms with van der Waals surface area (Å²) < 4.78 is 0. The molecule has 1 heterocycles. The van der Waals surface area contributed by atoms with Crippen LogP contribution in [0.15, 0.2) is 24.3 Å². The van der Waals surface area contributed by atoms with Crippen molar-refractivity contribution in [1.29, 1.82) is 5.26 Å². The maximum atomic E-state index is 12.4. The van der Waals surface area contributed by atoms with E-state index < -0.39 is 10.8 Å². The number of fused-ring (bicyclic) bond motifs is 1. The molecule has 1 aliphatic carbocycles. The minimum absolute atomic E-state index is 0.137. The van der Waals surface area contributed by atoms with Gasteiger partial charge in [-0.05, 0) is 36.8 Å². The molecule has 0 saturated carbocycles. The van der Waals surface area contributed by atoms with Gasteiger partial charge in [-0.3, -0.25) is 14.9 Å². The summed E-state index contributed by atoms with van der Waals surface area (Å²) in [6, 6.07) is 7.76. The summed E-state index contributed by atoms with van der Waals surface area (Å²) in [5, 5.41) is 23.6. The molecular weight excluding hydrogens is 326 g/mol. The standard InChI is InChI=1S/C17H15N3O3S/c1-10-5-6-15-13(7-10)14(9-18)17(24-15)19-16(21)11-3-2-4-12(8-11)20(22)23/h2-4,8,10H,5-7H2,1H3,(H,19,21)/t10-/m0/s1. The third-order valence-corrected chi connectivity index (χ3v) is 5.37. The Hall–Kier alpha value is -2.72. The van der Waals surface area contributed by atoms with E-state index >= 15 is 0 Å². The van der Waals surface area contributed by atoms with Gasteiger partial charge in [0.15, 0.2) is 0 Å². The van der Waals surface area contributed by atoms with E-state index in [1.54, 1.807) is 0 Å². The topological polar surface area (TPSA) is 96.0 Å². The van der Waals surface area contributed by atoms with Crippen molar-refractivity contribution < 1.29 is 9.72 Å². The predicted molar refractivity (Wildman–Crippen MR) is 91.3 cm³/mol. The summed E-state index contributed by atoms with van der Waals surface area (Å²) >= 11 is 1.43. The van der Waals surface area contributed by atoms with Crippen LogP contribution in [0.2, 0.25) is 0 Å². The van der Waals surface area contributed by atoms with Crippen molar-refractivity contribution in [3.8, 4) is 6.07 Å². The van der Waals surface area contributed by atoms with Crippen molar-refractivity contribution in [3.63, 3.8) is 0 Å². The fourth-order valence-electron chi connectivity index (χ4n) is 2.90. The number of hydrogen-bond donors (Lipinski definition) is 1. The van der Waals surface area contributed by atoms with Crippen molar-refractivity contribution in [2.45, 2.75) is 26.2 Å². The molecule has 1 aromatic heterocycles. The van der Waals surface area contributed by atoms with E-state index in [1.807, 2.05) is 0 Å². The Morgan fingerprint density at radius 1 is 1.50 bits per heavy atom. The van der Waals surface area contributed by atoms with Gasteiger partial charge < -0.3 is 5.32 Å². The monoisotopic (exact) mass is 341 g/mol. The molecule has 0 unspecified atom stereocenters. The first kappa shape index (κ1) is 16.1. The average Bonchev–Trinajstić information content (AvgIpc) is 2.91. The Morgan fingerprint density at radius 3 is 3.00 bits per heavy atom. The van der Waals surface area contributed by atoms with Crippen molar-refractivity contribution >= 4 is 27.9 Å². The number of benzene rings is 1. The van der Waals surface area contributed by atoms with Crippen molar-refractivity contribution in [2.75, 3.05) is 5.32 Å². The summed E-state index contributed by atoms with van der Waals surface area (Å²) in [4.78, 5) is 23.8. The highest BCUT2D eigenvalue weighted by Gasteiger charge is 2.25. The van der Waals surface area contributed by atoms with Crippen molar-refractivity contribution in [1.82, 2.24) is 0 Å². The Labute approximate surface area is 142 Å². The number of nitro benzene ring substituents is 1. The zero-order chi connectivity index (χ0) is 17.3. The number of anilines is 1. The quantitative estimate of drug-likeness (QED) is 0.676. The lowest BCUT2D eigenvalue weighted by atomic mass is 9.88. The fourth-order valence-corrected chi connectivity index (χ4v) is 4.09. The summed E-state index contributed by atoms with van der Waals surface area (Å²) in [7, 11) is 0. The first-order chi connectivity index (χ1) is 11.5. The Morgan fingerprint density at radius 2 is 2.29 bits per heavy atom. The molecule has 1 amide bonds. The van der Waals surface area contributed by atoms with Crippen LogP contribution in [0.5, 0.6) is 0 Å². The first-order valence-electron chi connectivity index (χ1n) is 7.60. The van der Waals surface area contributed by atoms with E-state index in [4.69, 9.17) is 0 Å². The van der Waals surface area contributed by atoms with Crippen LogP contribution < -0.4 is 5.32 Å². The van der Waals surface area contributed by atoms with Crippen molar-refractivity contribution in [3.05, 3.63) is 55.9 Å². The highest BCUT2D eigenvalue weighted by atomic mass is 32.1. The van der Waals surface area contributed by atoms with Crippen LogP contribution in [0.1, 0.15) is 39.7 Å². The molecule has 1 atom stereocenters. The number of nitriles is 1. The fraction of sp³-hybridized carbons (Fsp3) is 0.294. The van der Waals surface area contributed by atoms with E-state index in [0.29, 0.717) is 16.5 Å². The van der Waals surface area contributed by atoms with E-state index in [2.05, 4.69) is 18.3 Å². The number of rotatable bonds is 3. The van der Waals surface area contributed by atoms with Gasteiger partial charge >= 0.3 is 0 Å². The highest BCUT2D eigenvalue weighted by molar-refractivity contribution is 7.16. The van der Waals surface area contributed by atoms with Gasteiger partial charge in [-0.2, -0.15) is 5.26 Å². The molecule has 0 radical (unpaired) electrons. The van der Waals surface area contributed by atoms with Gasteiger partial charge in [0.05, 0.1) is 10.5 Å². The highest BCUT2D eigenvalue weighted by Crippen LogP contribution is 2.39. The molecule has 0 spiro atoms. The molecule has 1 aliphatic rings. The number of nitrogens with one attached hydrogen (secondary N) is 1. The number of hydrogen-bond acceptors (Lipinski definition) is 5. The van der Waals surface area contributed by atoms with Gasteiger partial charge in [0, 0.05) is 22.6 Å². The smallest absolute Gasteiger partial charge is 0.270 e. The third-order valence-electron chi connectivity index (χ3n) is 4.17. The molecule has 0 saturated heterocycles. The lowest BCUT2D eigenvalue weighted by molar-refractivity contribution is -0.384. The molecule has 1 N–H and O–H groups in total. The second-order valence-electron chi connectivity index (χ2n) is 5.93. The van der Waals surface area contributed by atoms with Crippen LogP contribution in [0, 0.1) is 27.4 Å². The van der Waals surface area contributed by atoms with Gasteiger partial charge in [-0.25, -0.2) is 0 Å². The largest absolute Gasteiger partial charge is 0.312 e. The summed E-state index contributed by atoms with van der Waals surface area (Å²) in [6.45, 7) is 2.16. The molecule has 24 heavy (non-hydrogen) atoms. The lowest BCUT2D eigenvalue weighted by Gasteiger charge is -2.17.